The van der Waals surface area contributed by atoms with E-state index < -0.39 is 5.41 Å². The van der Waals surface area contributed by atoms with E-state index in [2.05, 4.69) is 205 Å². The molecule has 0 saturated carbocycles. The highest BCUT2D eigenvalue weighted by Crippen LogP contribution is 2.56. The quantitative estimate of drug-likeness (QED) is 0.178. The first kappa shape index (κ1) is 29.3. The molecule has 0 aliphatic heterocycles. The molecule has 1 aliphatic rings. The molecule has 0 N–H and O–H groups in total. The van der Waals surface area contributed by atoms with E-state index in [1.165, 1.54) is 44.5 Å². The van der Waals surface area contributed by atoms with Gasteiger partial charge in [-0.05, 0) is 99.1 Å². The van der Waals surface area contributed by atoms with Crippen LogP contribution in [0.1, 0.15) is 22.3 Å². The summed E-state index contributed by atoms with van der Waals surface area (Å²) in [6.45, 7) is 0. The number of anilines is 3. The summed E-state index contributed by atoms with van der Waals surface area (Å²) in [5.41, 5.74) is 14.6. The van der Waals surface area contributed by atoms with Crippen molar-refractivity contribution in [3.8, 4) is 22.3 Å². The minimum atomic E-state index is -0.481. The van der Waals surface area contributed by atoms with E-state index >= 15 is 0 Å². The summed E-state index contributed by atoms with van der Waals surface area (Å²) >= 11 is 0. The molecular formula is C49H33NO. The summed E-state index contributed by atoms with van der Waals surface area (Å²) in [5.74, 6) is 0. The number of benzene rings is 8. The normalized spacial score (nSPS) is 12.9. The molecule has 10 rings (SSSR count). The second-order valence-corrected chi connectivity index (χ2v) is 13.3. The van der Waals surface area contributed by atoms with Crippen LogP contribution in [0.4, 0.5) is 17.1 Å². The highest BCUT2D eigenvalue weighted by Gasteiger charge is 2.46. The molecule has 0 spiro atoms. The predicted octanol–water partition coefficient (Wildman–Crippen LogP) is 13.1. The molecule has 1 aromatic heterocycles. The van der Waals surface area contributed by atoms with Gasteiger partial charge in [-0.2, -0.15) is 0 Å². The van der Waals surface area contributed by atoms with Gasteiger partial charge in [0.15, 0.2) is 0 Å². The number of furan rings is 1. The molecule has 0 fully saturated rings. The largest absolute Gasteiger partial charge is 0.456 e. The Morgan fingerprint density at radius 2 is 0.882 bits per heavy atom. The van der Waals surface area contributed by atoms with Crippen LogP contribution in [0, 0.1) is 0 Å². The lowest BCUT2D eigenvalue weighted by Crippen LogP contribution is -2.28. The Kier molecular flexibility index (Phi) is 6.75. The Bertz CT molecular complexity index is 2650. The summed E-state index contributed by atoms with van der Waals surface area (Å²) < 4.78 is 6.39. The van der Waals surface area contributed by atoms with Crippen LogP contribution in [0.15, 0.2) is 205 Å². The zero-order valence-corrected chi connectivity index (χ0v) is 27.9. The standard InChI is InChI=1S/C49H33NO/c1-4-15-34(16-5-1)35-27-29-47-43(31-35)44-33-40(28-30-48(44)51-47)50(38-20-8-3-9-21-38)39-22-14-19-37(32-39)49(36-17-6-2-7-18-36)45-25-12-10-23-41(45)42-24-11-13-26-46(42)49/h1-33H. The Morgan fingerprint density at radius 1 is 0.353 bits per heavy atom. The van der Waals surface area contributed by atoms with Crippen molar-refractivity contribution >= 4 is 39.0 Å². The van der Waals surface area contributed by atoms with Crippen LogP contribution >= 0.6 is 0 Å². The highest BCUT2D eigenvalue weighted by atomic mass is 16.3. The van der Waals surface area contributed by atoms with E-state index in [-0.39, 0.29) is 0 Å². The van der Waals surface area contributed by atoms with Crippen LogP contribution in [0.2, 0.25) is 0 Å². The molecule has 0 atom stereocenters. The number of para-hydroxylation sites is 1. The fourth-order valence-corrected chi connectivity index (χ4v) is 8.33. The second kappa shape index (κ2) is 11.8. The average Bonchev–Trinajstić information content (AvgIpc) is 3.72. The molecule has 240 valence electrons. The van der Waals surface area contributed by atoms with E-state index in [9.17, 15) is 0 Å². The van der Waals surface area contributed by atoms with Crippen molar-refractivity contribution in [3.63, 3.8) is 0 Å². The van der Waals surface area contributed by atoms with Crippen molar-refractivity contribution in [1.82, 2.24) is 0 Å². The van der Waals surface area contributed by atoms with Gasteiger partial charge in [-0.3, -0.25) is 0 Å². The topological polar surface area (TPSA) is 16.4 Å². The average molecular weight is 652 g/mol. The van der Waals surface area contributed by atoms with E-state index in [1.54, 1.807) is 0 Å². The van der Waals surface area contributed by atoms with Gasteiger partial charge in [0.2, 0.25) is 0 Å². The molecule has 1 aliphatic carbocycles. The van der Waals surface area contributed by atoms with Crippen LogP contribution in [-0.2, 0) is 5.41 Å². The van der Waals surface area contributed by atoms with Crippen LogP contribution in [0.5, 0.6) is 0 Å². The number of rotatable bonds is 6. The lowest BCUT2D eigenvalue weighted by atomic mass is 9.67. The molecular weight excluding hydrogens is 619 g/mol. The van der Waals surface area contributed by atoms with Crippen molar-refractivity contribution in [2.75, 3.05) is 4.90 Å². The summed E-state index contributed by atoms with van der Waals surface area (Å²) in [6.07, 6.45) is 0. The fourth-order valence-electron chi connectivity index (χ4n) is 8.33. The van der Waals surface area contributed by atoms with Crippen molar-refractivity contribution in [2.45, 2.75) is 5.41 Å². The van der Waals surface area contributed by atoms with Crippen molar-refractivity contribution < 1.29 is 4.42 Å². The third kappa shape index (κ3) is 4.57. The first-order chi connectivity index (χ1) is 25.3. The lowest BCUT2D eigenvalue weighted by Gasteiger charge is -2.35. The van der Waals surface area contributed by atoms with Crippen LogP contribution in [0.3, 0.4) is 0 Å². The lowest BCUT2D eigenvalue weighted by molar-refractivity contribution is 0.669. The van der Waals surface area contributed by atoms with Crippen LogP contribution < -0.4 is 4.90 Å². The molecule has 8 aromatic carbocycles. The number of hydrogen-bond acceptors (Lipinski definition) is 2. The van der Waals surface area contributed by atoms with Crippen molar-refractivity contribution in [3.05, 3.63) is 222 Å². The molecule has 2 nitrogen and oxygen atoms in total. The van der Waals surface area contributed by atoms with E-state index in [0.717, 1.165) is 39.0 Å². The fraction of sp³-hybridized carbons (Fsp3) is 0.0204. The Balaban J connectivity index is 1.19. The van der Waals surface area contributed by atoms with Gasteiger partial charge in [-0.15, -0.1) is 0 Å². The van der Waals surface area contributed by atoms with Gasteiger partial charge in [-0.1, -0.05) is 146 Å². The minimum Gasteiger partial charge on any atom is -0.456 e. The number of fused-ring (bicyclic) bond motifs is 6. The molecule has 0 amide bonds. The second-order valence-electron chi connectivity index (χ2n) is 13.3. The predicted molar refractivity (Wildman–Crippen MR) is 211 cm³/mol. The van der Waals surface area contributed by atoms with E-state index in [0.29, 0.717) is 0 Å². The van der Waals surface area contributed by atoms with Gasteiger partial charge in [0.25, 0.3) is 0 Å². The van der Waals surface area contributed by atoms with Crippen LogP contribution in [0.25, 0.3) is 44.2 Å². The first-order valence-electron chi connectivity index (χ1n) is 17.5. The Hall–Kier alpha value is -6.64. The highest BCUT2D eigenvalue weighted by molar-refractivity contribution is 6.08. The smallest absolute Gasteiger partial charge is 0.135 e. The molecule has 1 heterocycles. The monoisotopic (exact) mass is 651 g/mol. The summed E-state index contributed by atoms with van der Waals surface area (Å²) in [6, 6.07) is 72.2. The van der Waals surface area contributed by atoms with Gasteiger partial charge in [0.1, 0.15) is 11.2 Å². The van der Waals surface area contributed by atoms with Gasteiger partial charge < -0.3 is 9.32 Å². The molecule has 0 bridgehead atoms. The minimum absolute atomic E-state index is 0.481. The third-order valence-electron chi connectivity index (χ3n) is 10.5. The zero-order valence-electron chi connectivity index (χ0n) is 27.9. The molecule has 9 aromatic rings. The first-order valence-corrected chi connectivity index (χ1v) is 17.5. The maximum Gasteiger partial charge on any atom is 0.135 e. The number of nitrogens with zero attached hydrogens (tertiary/aromatic N) is 1. The summed E-state index contributed by atoms with van der Waals surface area (Å²) in [7, 11) is 0. The van der Waals surface area contributed by atoms with Crippen molar-refractivity contribution in [1.29, 1.82) is 0 Å². The van der Waals surface area contributed by atoms with Gasteiger partial charge in [0.05, 0.1) is 5.41 Å². The van der Waals surface area contributed by atoms with Gasteiger partial charge in [-0.25, -0.2) is 0 Å². The molecule has 0 radical (unpaired) electrons. The van der Waals surface area contributed by atoms with Gasteiger partial charge in [0, 0.05) is 27.8 Å². The van der Waals surface area contributed by atoms with Crippen LogP contribution in [-0.4, -0.2) is 0 Å². The number of hydrogen-bond donors (Lipinski definition) is 0. The Morgan fingerprint density at radius 3 is 1.59 bits per heavy atom. The molecule has 2 heteroatoms. The molecule has 0 saturated heterocycles. The summed E-state index contributed by atoms with van der Waals surface area (Å²) in [4.78, 5) is 2.37. The maximum absolute atomic E-state index is 6.39. The van der Waals surface area contributed by atoms with E-state index in [4.69, 9.17) is 4.42 Å². The zero-order chi connectivity index (χ0) is 33.8. The molecule has 0 unspecified atom stereocenters. The Labute approximate surface area is 297 Å². The van der Waals surface area contributed by atoms with E-state index in [1.807, 2.05) is 0 Å². The van der Waals surface area contributed by atoms with Gasteiger partial charge >= 0.3 is 0 Å². The van der Waals surface area contributed by atoms with Crippen molar-refractivity contribution in [2.24, 2.45) is 0 Å². The SMILES string of the molecule is c1ccc(-c2ccc3oc4ccc(N(c5ccccc5)c5cccc(C6(c7ccccc7)c7ccccc7-c7ccccc76)c5)cc4c3c2)cc1. The maximum atomic E-state index is 6.39. The third-order valence-corrected chi connectivity index (χ3v) is 10.5. The molecule has 51 heavy (non-hydrogen) atoms. The summed E-state index contributed by atoms with van der Waals surface area (Å²) in [5, 5.41) is 2.20.